The summed E-state index contributed by atoms with van der Waals surface area (Å²) in [7, 11) is 0. The van der Waals surface area contributed by atoms with Crippen LogP contribution in [0.25, 0.3) is 6.08 Å². The Morgan fingerprint density at radius 3 is 2.72 bits per heavy atom. The molecule has 0 bridgehead atoms. The summed E-state index contributed by atoms with van der Waals surface area (Å²) in [6, 6.07) is 2.72. The van der Waals surface area contributed by atoms with Crippen LogP contribution in [0.4, 0.5) is 11.8 Å². The molecule has 3 N–H and O–H groups in total. The van der Waals surface area contributed by atoms with Gasteiger partial charge in [-0.05, 0) is 44.8 Å². The summed E-state index contributed by atoms with van der Waals surface area (Å²) in [6.45, 7) is 2.01. The molecule has 2 fully saturated rings. The third-order valence-electron chi connectivity index (χ3n) is 5.41. The predicted molar refractivity (Wildman–Crippen MR) is 95.9 cm³/mol. The first kappa shape index (κ1) is 16.3. The number of aliphatic hydroxyl groups excluding tert-OH is 1. The molecule has 1 unspecified atom stereocenters. The molecule has 1 saturated heterocycles. The summed E-state index contributed by atoms with van der Waals surface area (Å²) < 4.78 is 0. The third-order valence-corrected chi connectivity index (χ3v) is 5.41. The molecule has 1 aromatic rings. The molecule has 0 aromatic carbocycles. The van der Waals surface area contributed by atoms with Gasteiger partial charge in [-0.25, -0.2) is 4.98 Å². The van der Waals surface area contributed by atoms with Gasteiger partial charge in [-0.2, -0.15) is 10.2 Å². The average molecular weight is 340 g/mol. The number of rotatable bonds is 3. The fraction of sp³-hybridized carbons (Fsp3) is 0.611. The minimum absolute atomic E-state index is 0.229. The van der Waals surface area contributed by atoms with Gasteiger partial charge in [0.05, 0.1) is 11.6 Å². The number of aliphatic hydroxyl groups is 1. The number of fused-ring (bicyclic) bond motifs is 1. The van der Waals surface area contributed by atoms with Crippen LogP contribution in [0.5, 0.6) is 0 Å². The van der Waals surface area contributed by atoms with E-state index in [2.05, 4.69) is 21.7 Å². The van der Waals surface area contributed by atoms with Crippen LogP contribution in [0.2, 0.25) is 0 Å². The summed E-state index contributed by atoms with van der Waals surface area (Å²) in [5, 5.41) is 26.8. The average Bonchev–Trinajstić information content (AvgIpc) is 3.16. The van der Waals surface area contributed by atoms with Gasteiger partial charge < -0.3 is 20.6 Å². The number of nitrogens with one attached hydrogen (secondary N) is 2. The van der Waals surface area contributed by atoms with E-state index in [0.29, 0.717) is 17.6 Å². The van der Waals surface area contributed by atoms with Crippen molar-refractivity contribution >= 4 is 17.8 Å². The van der Waals surface area contributed by atoms with Crippen LogP contribution in [0, 0.1) is 11.3 Å². The number of nitrogens with zero attached hydrogens (tertiary/aromatic N) is 4. The second kappa shape index (κ2) is 6.98. The molecule has 3 aliphatic rings. The SMILES string of the molecule is N#CC1=Cc2cnc(NC3CCNCC3)nc2N(C2CCCC2)C1O. The zero-order valence-electron chi connectivity index (χ0n) is 14.3. The van der Waals surface area contributed by atoms with Crippen molar-refractivity contribution in [3.8, 4) is 6.07 Å². The van der Waals surface area contributed by atoms with Crippen molar-refractivity contribution in [1.82, 2.24) is 15.3 Å². The highest BCUT2D eigenvalue weighted by molar-refractivity contribution is 5.74. The Kier molecular flexibility index (Phi) is 4.55. The Bertz CT molecular complexity index is 700. The van der Waals surface area contributed by atoms with Gasteiger partial charge in [-0.3, -0.25) is 0 Å². The van der Waals surface area contributed by atoms with E-state index in [1.807, 2.05) is 4.90 Å². The van der Waals surface area contributed by atoms with Gasteiger partial charge in [-0.1, -0.05) is 12.8 Å². The first-order chi connectivity index (χ1) is 12.3. The van der Waals surface area contributed by atoms with Gasteiger partial charge in [0.15, 0.2) is 6.23 Å². The smallest absolute Gasteiger partial charge is 0.224 e. The minimum Gasteiger partial charge on any atom is -0.369 e. The summed E-state index contributed by atoms with van der Waals surface area (Å²) in [5.41, 5.74) is 1.17. The Morgan fingerprint density at radius 1 is 1.24 bits per heavy atom. The molecular formula is C18H24N6O. The highest BCUT2D eigenvalue weighted by atomic mass is 16.3. The van der Waals surface area contributed by atoms with E-state index in [9.17, 15) is 10.4 Å². The topological polar surface area (TPSA) is 97.1 Å². The zero-order valence-corrected chi connectivity index (χ0v) is 14.3. The molecule has 25 heavy (non-hydrogen) atoms. The van der Waals surface area contributed by atoms with Gasteiger partial charge in [-0.15, -0.1) is 0 Å². The molecule has 7 heteroatoms. The summed E-state index contributed by atoms with van der Waals surface area (Å²) in [6.07, 6.45) is 9.01. The lowest BCUT2D eigenvalue weighted by Gasteiger charge is -2.37. The monoisotopic (exact) mass is 340 g/mol. The van der Waals surface area contributed by atoms with Crippen molar-refractivity contribution in [2.45, 2.75) is 56.8 Å². The Hall–Kier alpha value is -2.17. The van der Waals surface area contributed by atoms with Gasteiger partial charge in [0.25, 0.3) is 0 Å². The maximum Gasteiger partial charge on any atom is 0.224 e. The number of hydrogen-bond acceptors (Lipinski definition) is 7. The maximum atomic E-state index is 10.7. The lowest BCUT2D eigenvalue weighted by atomic mass is 10.0. The molecule has 7 nitrogen and oxygen atoms in total. The Balaban J connectivity index is 1.65. The lowest BCUT2D eigenvalue weighted by Crippen LogP contribution is -2.45. The number of aromatic nitrogens is 2. The van der Waals surface area contributed by atoms with E-state index in [1.165, 1.54) is 0 Å². The second-order valence-corrected chi connectivity index (χ2v) is 7.07. The van der Waals surface area contributed by atoms with Crippen LogP contribution in [-0.4, -0.2) is 46.5 Å². The van der Waals surface area contributed by atoms with E-state index in [4.69, 9.17) is 4.98 Å². The normalized spacial score (nSPS) is 24.6. The highest BCUT2D eigenvalue weighted by Gasteiger charge is 2.35. The van der Waals surface area contributed by atoms with Gasteiger partial charge in [0.1, 0.15) is 5.82 Å². The summed E-state index contributed by atoms with van der Waals surface area (Å²) in [4.78, 5) is 11.1. The molecule has 0 amide bonds. The quantitative estimate of drug-likeness (QED) is 0.769. The molecular weight excluding hydrogens is 316 g/mol. The summed E-state index contributed by atoms with van der Waals surface area (Å²) >= 11 is 0. The minimum atomic E-state index is -0.915. The fourth-order valence-corrected chi connectivity index (χ4v) is 4.06. The van der Waals surface area contributed by atoms with Crippen LogP contribution in [0.1, 0.15) is 44.1 Å². The molecule has 1 aliphatic carbocycles. The van der Waals surface area contributed by atoms with Gasteiger partial charge in [0, 0.05) is 23.8 Å². The van der Waals surface area contributed by atoms with Gasteiger partial charge in [0.2, 0.25) is 5.95 Å². The molecule has 2 aliphatic heterocycles. The predicted octanol–water partition coefficient (Wildman–Crippen LogP) is 1.63. The van der Waals surface area contributed by atoms with Crippen molar-refractivity contribution in [3.63, 3.8) is 0 Å². The second-order valence-electron chi connectivity index (χ2n) is 7.07. The van der Waals surface area contributed by atoms with E-state index in [-0.39, 0.29) is 6.04 Å². The van der Waals surface area contributed by atoms with Crippen LogP contribution in [-0.2, 0) is 0 Å². The number of piperidine rings is 1. The van der Waals surface area contributed by atoms with Crippen molar-refractivity contribution in [1.29, 1.82) is 5.26 Å². The van der Waals surface area contributed by atoms with E-state index in [1.54, 1.807) is 12.3 Å². The Morgan fingerprint density at radius 2 is 2.00 bits per heavy atom. The number of nitriles is 1. The molecule has 1 aromatic heterocycles. The molecule has 1 saturated carbocycles. The van der Waals surface area contributed by atoms with Crippen molar-refractivity contribution in [2.24, 2.45) is 0 Å². The van der Waals surface area contributed by atoms with Crippen LogP contribution < -0.4 is 15.5 Å². The summed E-state index contributed by atoms with van der Waals surface area (Å²) in [5.74, 6) is 1.35. The van der Waals surface area contributed by atoms with Crippen molar-refractivity contribution < 1.29 is 5.11 Å². The lowest BCUT2D eigenvalue weighted by molar-refractivity contribution is 0.194. The van der Waals surface area contributed by atoms with Crippen LogP contribution in [0.3, 0.4) is 0 Å². The standard InChI is InChI=1S/C18H24N6O/c19-10-12-9-13-11-21-18(22-14-5-7-20-8-6-14)23-16(13)24(17(12)25)15-3-1-2-4-15/h9,11,14-15,17,20,25H,1-8H2,(H,21,22,23). The first-order valence-electron chi connectivity index (χ1n) is 9.18. The van der Waals surface area contributed by atoms with Crippen LogP contribution in [0.15, 0.2) is 11.8 Å². The molecule has 3 heterocycles. The first-order valence-corrected chi connectivity index (χ1v) is 9.18. The molecule has 0 radical (unpaired) electrons. The number of anilines is 2. The molecule has 1 atom stereocenters. The highest BCUT2D eigenvalue weighted by Crippen LogP contribution is 2.36. The van der Waals surface area contributed by atoms with Crippen LogP contribution >= 0.6 is 0 Å². The van der Waals surface area contributed by atoms with E-state index < -0.39 is 6.23 Å². The Labute approximate surface area is 147 Å². The van der Waals surface area contributed by atoms with E-state index in [0.717, 1.165) is 63.0 Å². The molecule has 0 spiro atoms. The van der Waals surface area contributed by atoms with Gasteiger partial charge >= 0.3 is 0 Å². The van der Waals surface area contributed by atoms with Crippen molar-refractivity contribution in [2.75, 3.05) is 23.3 Å². The van der Waals surface area contributed by atoms with Crippen molar-refractivity contribution in [3.05, 3.63) is 17.3 Å². The fourth-order valence-electron chi connectivity index (χ4n) is 4.06. The maximum absolute atomic E-state index is 10.7. The van der Waals surface area contributed by atoms with E-state index >= 15 is 0 Å². The zero-order chi connectivity index (χ0) is 17.2. The molecule has 132 valence electrons. The third kappa shape index (κ3) is 3.20. The largest absolute Gasteiger partial charge is 0.369 e. The number of hydrogen-bond donors (Lipinski definition) is 3. The molecule has 4 rings (SSSR count).